The molecule has 6 nitrogen and oxygen atoms in total. The molecule has 0 fully saturated rings. The van der Waals surface area contributed by atoms with Crippen LogP contribution in [0.1, 0.15) is 5.56 Å². The summed E-state index contributed by atoms with van der Waals surface area (Å²) in [6.45, 7) is 1.98. The van der Waals surface area contributed by atoms with E-state index in [-0.39, 0.29) is 22.4 Å². The zero-order chi connectivity index (χ0) is 10.4. The van der Waals surface area contributed by atoms with Gasteiger partial charge in [-0.05, 0) is 24.6 Å². The summed E-state index contributed by atoms with van der Waals surface area (Å²) in [6.07, 6.45) is 0. The molecule has 0 heterocycles. The first kappa shape index (κ1) is 15.2. The molecule has 0 spiro atoms. The third kappa shape index (κ3) is 7.41. The van der Waals surface area contributed by atoms with Gasteiger partial charge in [0.15, 0.2) is 0 Å². The fourth-order valence-corrected chi connectivity index (χ4v) is 0.694. The van der Waals surface area contributed by atoms with Crippen LogP contribution in [0, 0.1) is 22.2 Å². The summed E-state index contributed by atoms with van der Waals surface area (Å²) in [5, 5.41) is 14.8. The van der Waals surface area contributed by atoms with Gasteiger partial charge in [-0.3, -0.25) is 0 Å². The van der Waals surface area contributed by atoms with Crippen LogP contribution in [0.15, 0.2) is 18.2 Å². The van der Waals surface area contributed by atoms with Crippen molar-refractivity contribution in [1.29, 1.82) is 0 Å². The largest absolute Gasteiger partial charge is 1.00 e. The Bertz CT molecular complexity index is 302. The van der Waals surface area contributed by atoms with Crippen LogP contribution in [-0.4, -0.2) is 5.09 Å². The standard InChI is InChI=1S/C7H10N2.Ag.NO3/c1-5-2-3-6(8)7(9)4-5;;2-1(3)4/h2-4H,8-9H2,1H3;;/q;+1;-1. The van der Waals surface area contributed by atoms with Gasteiger partial charge in [0.05, 0.1) is 16.5 Å². The van der Waals surface area contributed by atoms with Crippen molar-refractivity contribution in [2.24, 2.45) is 0 Å². The van der Waals surface area contributed by atoms with Crippen molar-refractivity contribution in [3.05, 3.63) is 39.1 Å². The van der Waals surface area contributed by atoms with E-state index in [1.54, 1.807) is 0 Å². The molecule has 0 unspecified atom stereocenters. The third-order valence-corrected chi connectivity index (χ3v) is 1.24. The summed E-state index contributed by atoms with van der Waals surface area (Å²) >= 11 is 0. The number of hydrogen-bond acceptors (Lipinski definition) is 5. The van der Waals surface area contributed by atoms with Crippen LogP contribution in [0.5, 0.6) is 0 Å². The maximum atomic E-state index is 8.25. The summed E-state index contributed by atoms with van der Waals surface area (Å²) < 4.78 is 0. The molecule has 82 valence electrons. The van der Waals surface area contributed by atoms with Crippen molar-refractivity contribution >= 4 is 11.4 Å². The number of benzene rings is 1. The van der Waals surface area contributed by atoms with Gasteiger partial charge < -0.3 is 26.8 Å². The fraction of sp³-hybridized carbons (Fsp3) is 0.143. The molecule has 14 heavy (non-hydrogen) atoms. The van der Waals surface area contributed by atoms with E-state index in [9.17, 15) is 0 Å². The Hall–Kier alpha value is -1.24. The van der Waals surface area contributed by atoms with Crippen LogP contribution >= 0.6 is 0 Å². The molecule has 0 atom stereocenters. The molecule has 1 aromatic rings. The van der Waals surface area contributed by atoms with Crippen molar-refractivity contribution in [1.82, 2.24) is 0 Å². The molecule has 0 radical (unpaired) electrons. The monoisotopic (exact) mass is 291 g/mol. The second-order valence-corrected chi connectivity index (χ2v) is 2.36. The molecular weight excluding hydrogens is 282 g/mol. The van der Waals surface area contributed by atoms with E-state index >= 15 is 0 Å². The zero-order valence-electron chi connectivity index (χ0n) is 7.36. The summed E-state index contributed by atoms with van der Waals surface area (Å²) in [4.78, 5) is 8.25. The number of anilines is 2. The van der Waals surface area contributed by atoms with Crippen LogP contribution in [-0.2, 0) is 22.4 Å². The molecule has 0 aliphatic rings. The van der Waals surface area contributed by atoms with Crippen LogP contribution in [0.25, 0.3) is 0 Å². The van der Waals surface area contributed by atoms with Gasteiger partial charge in [0.2, 0.25) is 0 Å². The summed E-state index contributed by atoms with van der Waals surface area (Å²) in [5.41, 5.74) is 13.4. The molecule has 0 saturated carbocycles. The average Bonchev–Trinajstić information content (AvgIpc) is 1.96. The molecule has 0 aromatic heterocycles. The van der Waals surface area contributed by atoms with Gasteiger partial charge in [0.1, 0.15) is 0 Å². The maximum absolute atomic E-state index is 8.25. The Morgan fingerprint density at radius 2 is 1.64 bits per heavy atom. The normalized spacial score (nSPS) is 7.79. The first-order chi connectivity index (χ1) is 5.93. The molecule has 0 aliphatic carbocycles. The number of rotatable bonds is 0. The zero-order valence-corrected chi connectivity index (χ0v) is 8.84. The second-order valence-electron chi connectivity index (χ2n) is 2.36. The third-order valence-electron chi connectivity index (χ3n) is 1.24. The van der Waals surface area contributed by atoms with Crippen molar-refractivity contribution < 1.29 is 27.5 Å². The Morgan fingerprint density at radius 3 is 1.93 bits per heavy atom. The van der Waals surface area contributed by atoms with E-state index in [0.717, 1.165) is 5.56 Å². The van der Waals surface area contributed by atoms with Gasteiger partial charge in [-0.15, -0.1) is 0 Å². The summed E-state index contributed by atoms with van der Waals surface area (Å²) in [7, 11) is 0. The quantitative estimate of drug-likeness (QED) is 0.319. The Kier molecular flexibility index (Phi) is 7.83. The maximum Gasteiger partial charge on any atom is 1.00 e. The fourth-order valence-electron chi connectivity index (χ4n) is 0.694. The molecule has 0 saturated heterocycles. The number of hydrogen-bond donors (Lipinski definition) is 2. The van der Waals surface area contributed by atoms with E-state index in [1.807, 2.05) is 25.1 Å². The van der Waals surface area contributed by atoms with E-state index in [0.29, 0.717) is 11.4 Å². The van der Waals surface area contributed by atoms with Crippen LogP contribution in [0.3, 0.4) is 0 Å². The molecular formula is C7H10AgN3O3. The molecule has 1 aromatic carbocycles. The molecule has 0 aliphatic heterocycles. The minimum Gasteiger partial charge on any atom is -0.397 e. The smallest absolute Gasteiger partial charge is 0.397 e. The van der Waals surface area contributed by atoms with Gasteiger partial charge in [-0.2, -0.15) is 0 Å². The van der Waals surface area contributed by atoms with Crippen molar-refractivity contribution in [3.8, 4) is 0 Å². The Balaban J connectivity index is 0. The summed E-state index contributed by atoms with van der Waals surface area (Å²) in [5.74, 6) is 0. The minimum atomic E-state index is -1.75. The van der Waals surface area contributed by atoms with Gasteiger partial charge in [-0.1, -0.05) is 6.07 Å². The number of nitrogen functional groups attached to an aromatic ring is 2. The van der Waals surface area contributed by atoms with E-state index < -0.39 is 5.09 Å². The van der Waals surface area contributed by atoms with Crippen LogP contribution in [0.4, 0.5) is 11.4 Å². The average molecular weight is 292 g/mol. The molecule has 4 N–H and O–H groups in total. The molecule has 7 heteroatoms. The van der Waals surface area contributed by atoms with Crippen LogP contribution in [0.2, 0.25) is 0 Å². The molecule has 0 bridgehead atoms. The summed E-state index contributed by atoms with van der Waals surface area (Å²) in [6, 6.07) is 5.60. The van der Waals surface area contributed by atoms with Crippen molar-refractivity contribution in [3.63, 3.8) is 0 Å². The molecule has 0 amide bonds. The van der Waals surface area contributed by atoms with Crippen molar-refractivity contribution in [2.45, 2.75) is 6.92 Å². The minimum absolute atomic E-state index is 0. The predicted octanol–water partition coefficient (Wildman–Crippen LogP) is 0.918. The topological polar surface area (TPSA) is 118 Å². The van der Waals surface area contributed by atoms with E-state index in [2.05, 4.69) is 0 Å². The molecule has 1 rings (SSSR count). The Morgan fingerprint density at radius 1 is 1.21 bits per heavy atom. The van der Waals surface area contributed by atoms with E-state index in [4.69, 9.17) is 26.8 Å². The van der Waals surface area contributed by atoms with Gasteiger partial charge in [0, 0.05) is 0 Å². The number of nitrogens with two attached hydrogens (primary N) is 2. The van der Waals surface area contributed by atoms with Crippen molar-refractivity contribution in [2.75, 3.05) is 11.5 Å². The van der Waals surface area contributed by atoms with E-state index in [1.165, 1.54) is 0 Å². The first-order valence-corrected chi connectivity index (χ1v) is 3.36. The van der Waals surface area contributed by atoms with Gasteiger partial charge >= 0.3 is 22.4 Å². The van der Waals surface area contributed by atoms with Gasteiger partial charge in [0.25, 0.3) is 0 Å². The SMILES string of the molecule is Cc1ccc(N)c(N)c1.O=[N+]([O-])[O-].[Ag+]. The van der Waals surface area contributed by atoms with Gasteiger partial charge in [-0.25, -0.2) is 0 Å². The number of nitrogens with zero attached hydrogens (tertiary/aromatic N) is 1. The van der Waals surface area contributed by atoms with Crippen LogP contribution < -0.4 is 11.5 Å². The predicted molar refractivity (Wildman–Crippen MR) is 50.4 cm³/mol. The second kappa shape index (κ2) is 7.19. The first-order valence-electron chi connectivity index (χ1n) is 3.36. The number of aryl methyl sites for hydroxylation is 1. The Labute approximate surface area is 96.5 Å².